The van der Waals surface area contributed by atoms with Crippen molar-refractivity contribution in [2.24, 2.45) is 0 Å². The van der Waals surface area contributed by atoms with Crippen LogP contribution in [0.1, 0.15) is 0 Å². The fourth-order valence-electron chi connectivity index (χ4n) is 1.21. The summed E-state index contributed by atoms with van der Waals surface area (Å²) < 4.78 is 15.3. The van der Waals surface area contributed by atoms with Gasteiger partial charge >= 0.3 is 0 Å². The number of hydrogen-bond acceptors (Lipinski definition) is 2. The molecule has 2 aromatic rings. The van der Waals surface area contributed by atoms with Gasteiger partial charge in [0, 0.05) is 14.6 Å². The molecule has 0 spiro atoms. The van der Waals surface area contributed by atoms with Gasteiger partial charge in [0.25, 0.3) is 0 Å². The van der Waals surface area contributed by atoms with Crippen molar-refractivity contribution < 1.29 is 4.39 Å². The summed E-state index contributed by atoms with van der Waals surface area (Å²) in [5.41, 5.74) is 0. The van der Waals surface area contributed by atoms with Gasteiger partial charge in [-0.25, -0.2) is 0 Å². The minimum absolute atomic E-state index is 0.0828. The molecular weight excluding hydrogens is 271 g/mol. The van der Waals surface area contributed by atoms with Gasteiger partial charge in [-0.05, 0) is 18.4 Å². The van der Waals surface area contributed by atoms with Crippen LogP contribution in [0.4, 0.5) is 4.39 Å². The van der Waals surface area contributed by atoms with E-state index in [9.17, 15) is 4.39 Å². The molecule has 0 amide bonds. The van der Waals surface area contributed by atoms with Crippen LogP contribution in [-0.2, 0) is 0 Å². The summed E-state index contributed by atoms with van der Waals surface area (Å²) >= 11 is 6.02. The molecule has 2 rings (SSSR count). The molecule has 0 unspecified atom stereocenters. The quantitative estimate of drug-likeness (QED) is 0.690. The third-order valence-electron chi connectivity index (χ3n) is 1.77. The van der Waals surface area contributed by atoms with E-state index < -0.39 is 0 Å². The third kappa shape index (κ3) is 1.63. The van der Waals surface area contributed by atoms with Crippen molar-refractivity contribution in [3.05, 3.63) is 27.8 Å². The van der Waals surface area contributed by atoms with Crippen LogP contribution in [0.15, 0.2) is 27.6 Å². The summed E-state index contributed by atoms with van der Waals surface area (Å²) in [6, 6.07) is 5.84. The van der Waals surface area contributed by atoms with Crippen LogP contribution in [0.25, 0.3) is 10.1 Å². The molecule has 13 heavy (non-hydrogen) atoms. The number of fused-ring (bicyclic) bond motifs is 1. The van der Waals surface area contributed by atoms with Gasteiger partial charge in [-0.1, -0.05) is 22.0 Å². The molecule has 4 heteroatoms. The minimum Gasteiger partial charge on any atom is -0.194 e. The highest BCUT2D eigenvalue weighted by Crippen LogP contribution is 2.36. The zero-order valence-electron chi connectivity index (χ0n) is 6.80. The normalized spacial score (nSPS) is 11.0. The van der Waals surface area contributed by atoms with Gasteiger partial charge in [0.15, 0.2) is 5.13 Å². The highest BCUT2D eigenvalue weighted by Gasteiger charge is 2.10. The maximum atomic E-state index is 13.3. The Bertz CT molecular complexity index is 450. The monoisotopic (exact) mass is 276 g/mol. The highest BCUT2D eigenvalue weighted by atomic mass is 79.9. The lowest BCUT2D eigenvalue weighted by Crippen LogP contribution is -1.69. The van der Waals surface area contributed by atoms with Gasteiger partial charge in [0.1, 0.15) is 0 Å². The zero-order chi connectivity index (χ0) is 9.42. The molecule has 68 valence electrons. The maximum Gasteiger partial charge on any atom is 0.191 e. The van der Waals surface area contributed by atoms with E-state index in [4.69, 9.17) is 0 Å². The average Bonchev–Trinajstić information content (AvgIpc) is 2.39. The number of benzene rings is 1. The van der Waals surface area contributed by atoms with Crippen molar-refractivity contribution >= 4 is 49.1 Å². The molecule has 1 aromatic heterocycles. The van der Waals surface area contributed by atoms with Crippen molar-refractivity contribution in [2.45, 2.75) is 4.90 Å². The molecule has 0 aliphatic carbocycles. The number of rotatable bonds is 1. The van der Waals surface area contributed by atoms with Crippen LogP contribution in [0, 0.1) is 5.13 Å². The number of thiophene rings is 1. The van der Waals surface area contributed by atoms with Gasteiger partial charge < -0.3 is 0 Å². The molecule has 0 fully saturated rings. The van der Waals surface area contributed by atoms with Gasteiger partial charge in [0.2, 0.25) is 0 Å². The van der Waals surface area contributed by atoms with Crippen LogP contribution in [0.5, 0.6) is 0 Å². The summed E-state index contributed by atoms with van der Waals surface area (Å²) in [6.07, 6.45) is 1.90. The fraction of sp³-hybridized carbons (Fsp3) is 0.111. The van der Waals surface area contributed by atoms with E-state index in [1.807, 2.05) is 24.5 Å². The van der Waals surface area contributed by atoms with Gasteiger partial charge in [-0.3, -0.25) is 0 Å². The Kier molecular flexibility index (Phi) is 2.62. The number of halogens is 2. The Hall–Kier alpha value is -0.0600. The maximum absolute atomic E-state index is 13.3. The zero-order valence-corrected chi connectivity index (χ0v) is 10.0. The molecule has 0 nitrogen and oxygen atoms in total. The Labute approximate surface area is 92.3 Å². The van der Waals surface area contributed by atoms with E-state index in [0.29, 0.717) is 0 Å². The largest absolute Gasteiger partial charge is 0.194 e. The molecule has 0 aliphatic rings. The lowest BCUT2D eigenvalue weighted by atomic mass is 10.3. The first-order chi connectivity index (χ1) is 6.22. The molecular formula is C9H6BrFS2. The van der Waals surface area contributed by atoms with Crippen LogP contribution in [-0.4, -0.2) is 6.26 Å². The predicted octanol–water partition coefficient (Wildman–Crippen LogP) is 4.52. The van der Waals surface area contributed by atoms with Gasteiger partial charge in [-0.15, -0.1) is 23.1 Å². The topological polar surface area (TPSA) is 0 Å². The predicted molar refractivity (Wildman–Crippen MR) is 61.3 cm³/mol. The summed E-state index contributed by atoms with van der Waals surface area (Å²) in [7, 11) is 0. The second-order valence-electron chi connectivity index (χ2n) is 2.55. The minimum atomic E-state index is -0.0828. The Morgan fingerprint density at radius 2 is 2.23 bits per heavy atom. The van der Waals surface area contributed by atoms with Crippen LogP contribution in [0.2, 0.25) is 0 Å². The van der Waals surface area contributed by atoms with Crippen molar-refractivity contribution in [1.29, 1.82) is 0 Å². The van der Waals surface area contributed by atoms with E-state index in [0.717, 1.165) is 19.5 Å². The van der Waals surface area contributed by atoms with Crippen molar-refractivity contribution in [2.75, 3.05) is 6.26 Å². The van der Waals surface area contributed by atoms with E-state index >= 15 is 0 Å². The lowest BCUT2D eigenvalue weighted by molar-refractivity contribution is 0.636. The molecule has 0 N–H and O–H groups in total. The van der Waals surface area contributed by atoms with E-state index in [-0.39, 0.29) is 5.13 Å². The highest BCUT2D eigenvalue weighted by molar-refractivity contribution is 9.10. The fourth-order valence-corrected chi connectivity index (χ4v) is 3.58. The lowest BCUT2D eigenvalue weighted by Gasteiger charge is -1.93. The smallest absolute Gasteiger partial charge is 0.191 e. The number of hydrogen-bond donors (Lipinski definition) is 0. The first-order valence-corrected chi connectivity index (χ1v) is 6.47. The van der Waals surface area contributed by atoms with Gasteiger partial charge in [0.05, 0.1) is 4.90 Å². The second kappa shape index (κ2) is 3.59. The first-order valence-electron chi connectivity index (χ1n) is 3.64. The molecule has 0 radical (unpaired) electrons. The Morgan fingerprint density at radius 3 is 2.92 bits per heavy atom. The molecule has 1 aromatic carbocycles. The summed E-state index contributed by atoms with van der Waals surface area (Å²) in [6.45, 7) is 0. The Balaban J connectivity index is 2.79. The van der Waals surface area contributed by atoms with Gasteiger partial charge in [-0.2, -0.15) is 4.39 Å². The molecule has 0 atom stereocenters. The SMILES string of the molecule is CSc1c(F)sc2cc(Br)ccc12. The van der Waals surface area contributed by atoms with Crippen LogP contribution in [0.3, 0.4) is 0 Å². The summed E-state index contributed by atoms with van der Waals surface area (Å²) in [4.78, 5) is 0.757. The number of thioether (sulfide) groups is 1. The van der Waals surface area contributed by atoms with E-state index in [2.05, 4.69) is 15.9 Å². The van der Waals surface area contributed by atoms with Crippen molar-refractivity contribution in [1.82, 2.24) is 0 Å². The molecule has 0 saturated carbocycles. The Morgan fingerprint density at radius 1 is 1.46 bits per heavy atom. The molecule has 1 heterocycles. The first kappa shape index (κ1) is 9.49. The standard InChI is InChI=1S/C9H6BrFS2/c1-12-8-6-3-2-5(10)4-7(6)13-9(8)11/h2-4H,1H3. The molecule has 0 bridgehead atoms. The summed E-state index contributed by atoms with van der Waals surface area (Å²) in [5.74, 6) is 0. The van der Waals surface area contributed by atoms with Crippen LogP contribution >= 0.6 is 39.0 Å². The second-order valence-corrected chi connectivity index (χ2v) is 5.28. The van der Waals surface area contributed by atoms with Crippen LogP contribution < -0.4 is 0 Å². The average molecular weight is 277 g/mol. The van der Waals surface area contributed by atoms with E-state index in [1.165, 1.54) is 23.1 Å². The van der Waals surface area contributed by atoms with Crippen molar-refractivity contribution in [3.8, 4) is 0 Å². The molecule has 0 saturated heterocycles. The summed E-state index contributed by atoms with van der Waals surface area (Å²) in [5, 5.41) is 0.929. The third-order valence-corrected chi connectivity index (χ3v) is 4.14. The molecule has 0 aliphatic heterocycles. The van der Waals surface area contributed by atoms with E-state index in [1.54, 1.807) is 0 Å². The van der Waals surface area contributed by atoms with Crippen molar-refractivity contribution in [3.63, 3.8) is 0 Å².